The minimum Gasteiger partial charge on any atom is -0.378 e. The number of carbonyl (C=O) groups is 1. The van der Waals surface area contributed by atoms with E-state index in [4.69, 9.17) is 4.74 Å². The third kappa shape index (κ3) is 3.95. The molecular formula is C21H22N4O2S. The third-order valence-corrected chi connectivity index (χ3v) is 5.96. The first kappa shape index (κ1) is 18.7. The Balaban J connectivity index is 1.67. The Kier molecular flexibility index (Phi) is 5.73. The van der Waals surface area contributed by atoms with Gasteiger partial charge in [0.2, 0.25) is 5.91 Å². The summed E-state index contributed by atoms with van der Waals surface area (Å²) in [5.74, 6) is 0.0823. The molecule has 1 fully saturated rings. The molecule has 1 saturated heterocycles. The van der Waals surface area contributed by atoms with Gasteiger partial charge < -0.3 is 9.64 Å². The summed E-state index contributed by atoms with van der Waals surface area (Å²) in [5, 5.41) is 8.73. The molecule has 1 amide bonds. The van der Waals surface area contributed by atoms with Gasteiger partial charge in [0.05, 0.1) is 18.9 Å². The molecule has 1 atom stereocenters. The summed E-state index contributed by atoms with van der Waals surface area (Å²) in [7, 11) is 0. The van der Waals surface area contributed by atoms with Crippen LogP contribution in [0, 0.1) is 6.92 Å². The molecule has 1 aliphatic rings. The van der Waals surface area contributed by atoms with Crippen LogP contribution < -0.4 is 0 Å². The standard InChI is InChI=1S/C21H22N4O2S/c1-16-7-5-6-10-18(16)25-15-22-23-21(25)28-19(17-8-3-2-4-9-17)20(26)24-11-13-27-14-12-24/h2-10,15,19H,11-14H2,1H3. The van der Waals surface area contributed by atoms with E-state index in [9.17, 15) is 4.79 Å². The fourth-order valence-corrected chi connectivity index (χ4v) is 4.35. The molecule has 0 radical (unpaired) electrons. The van der Waals surface area contributed by atoms with Gasteiger partial charge in [-0.05, 0) is 24.1 Å². The van der Waals surface area contributed by atoms with Crippen molar-refractivity contribution in [1.29, 1.82) is 0 Å². The van der Waals surface area contributed by atoms with Gasteiger partial charge >= 0.3 is 0 Å². The average Bonchev–Trinajstić information content (AvgIpc) is 3.21. The zero-order chi connectivity index (χ0) is 19.3. The van der Waals surface area contributed by atoms with Crippen molar-refractivity contribution in [3.8, 4) is 5.69 Å². The van der Waals surface area contributed by atoms with Crippen LogP contribution in [0.4, 0.5) is 0 Å². The summed E-state index contributed by atoms with van der Waals surface area (Å²) in [6.45, 7) is 4.45. The van der Waals surface area contributed by atoms with Gasteiger partial charge in [-0.2, -0.15) is 0 Å². The number of rotatable bonds is 5. The number of thioether (sulfide) groups is 1. The molecule has 0 N–H and O–H groups in total. The minimum atomic E-state index is -0.383. The summed E-state index contributed by atoms with van der Waals surface area (Å²) in [5.41, 5.74) is 3.10. The maximum atomic E-state index is 13.3. The molecule has 1 aromatic heterocycles. The van der Waals surface area contributed by atoms with Crippen molar-refractivity contribution in [3.05, 3.63) is 72.1 Å². The zero-order valence-electron chi connectivity index (χ0n) is 15.7. The Morgan fingerprint density at radius 1 is 1.07 bits per heavy atom. The minimum absolute atomic E-state index is 0.0823. The van der Waals surface area contributed by atoms with Gasteiger partial charge in [-0.1, -0.05) is 60.3 Å². The van der Waals surface area contributed by atoms with Crippen LogP contribution in [0.15, 0.2) is 66.1 Å². The number of aryl methyl sites for hydroxylation is 1. The van der Waals surface area contributed by atoms with E-state index in [1.54, 1.807) is 6.33 Å². The molecule has 3 aromatic rings. The lowest BCUT2D eigenvalue weighted by atomic mass is 10.1. The van der Waals surface area contributed by atoms with E-state index in [0.717, 1.165) is 16.8 Å². The molecule has 0 spiro atoms. The highest BCUT2D eigenvalue weighted by Crippen LogP contribution is 2.37. The van der Waals surface area contributed by atoms with E-state index in [1.807, 2.05) is 58.0 Å². The topological polar surface area (TPSA) is 60.2 Å². The molecule has 1 unspecified atom stereocenters. The van der Waals surface area contributed by atoms with Gasteiger partial charge in [-0.15, -0.1) is 10.2 Å². The van der Waals surface area contributed by atoms with Crippen LogP contribution in [-0.2, 0) is 9.53 Å². The number of hydrogen-bond donors (Lipinski definition) is 0. The van der Waals surface area contributed by atoms with Gasteiger partial charge in [0.1, 0.15) is 11.6 Å². The van der Waals surface area contributed by atoms with Crippen LogP contribution >= 0.6 is 11.8 Å². The second kappa shape index (κ2) is 8.58. The Morgan fingerprint density at radius 3 is 2.54 bits per heavy atom. The highest BCUT2D eigenvalue weighted by atomic mass is 32.2. The van der Waals surface area contributed by atoms with Gasteiger partial charge in [-0.25, -0.2) is 0 Å². The Labute approximate surface area is 168 Å². The summed E-state index contributed by atoms with van der Waals surface area (Å²) in [6.07, 6.45) is 1.70. The second-order valence-corrected chi connectivity index (χ2v) is 7.69. The molecule has 144 valence electrons. The molecule has 0 aliphatic carbocycles. The number of hydrogen-bond acceptors (Lipinski definition) is 5. The second-order valence-electron chi connectivity index (χ2n) is 6.62. The van der Waals surface area contributed by atoms with Crippen molar-refractivity contribution in [2.24, 2.45) is 0 Å². The molecular weight excluding hydrogens is 372 g/mol. The number of morpholine rings is 1. The number of ether oxygens (including phenoxy) is 1. The normalized spacial score (nSPS) is 15.4. The van der Waals surface area contributed by atoms with Crippen LogP contribution in [0.25, 0.3) is 5.69 Å². The molecule has 2 aromatic carbocycles. The predicted molar refractivity (Wildman–Crippen MR) is 109 cm³/mol. The van der Waals surface area contributed by atoms with Gasteiger partial charge in [0, 0.05) is 13.1 Å². The summed E-state index contributed by atoms with van der Waals surface area (Å²) in [6, 6.07) is 17.9. The fourth-order valence-electron chi connectivity index (χ4n) is 3.25. The maximum absolute atomic E-state index is 13.3. The van der Waals surface area contributed by atoms with Crippen LogP contribution in [0.2, 0.25) is 0 Å². The van der Waals surface area contributed by atoms with Crippen molar-refractivity contribution in [2.75, 3.05) is 26.3 Å². The molecule has 1 aliphatic heterocycles. The Bertz CT molecular complexity index is 938. The van der Waals surface area contributed by atoms with E-state index in [1.165, 1.54) is 11.8 Å². The van der Waals surface area contributed by atoms with Crippen molar-refractivity contribution in [1.82, 2.24) is 19.7 Å². The highest BCUT2D eigenvalue weighted by Gasteiger charge is 2.30. The number of nitrogens with zero attached hydrogens (tertiary/aromatic N) is 4. The number of aromatic nitrogens is 3. The van der Waals surface area contributed by atoms with Crippen LogP contribution in [0.1, 0.15) is 16.4 Å². The maximum Gasteiger partial charge on any atom is 0.240 e. The molecule has 6 nitrogen and oxygen atoms in total. The zero-order valence-corrected chi connectivity index (χ0v) is 16.5. The van der Waals surface area contributed by atoms with Gasteiger partial charge in [-0.3, -0.25) is 9.36 Å². The van der Waals surface area contributed by atoms with E-state index in [2.05, 4.69) is 23.2 Å². The molecule has 0 saturated carbocycles. The van der Waals surface area contributed by atoms with Crippen molar-refractivity contribution in [2.45, 2.75) is 17.3 Å². The lowest BCUT2D eigenvalue weighted by Gasteiger charge is -2.30. The van der Waals surface area contributed by atoms with Crippen LogP contribution in [0.3, 0.4) is 0 Å². The molecule has 4 rings (SSSR count). The predicted octanol–water partition coefficient (Wildman–Crippen LogP) is 3.27. The first-order valence-electron chi connectivity index (χ1n) is 9.28. The van der Waals surface area contributed by atoms with E-state index in [-0.39, 0.29) is 11.2 Å². The highest BCUT2D eigenvalue weighted by molar-refractivity contribution is 8.00. The van der Waals surface area contributed by atoms with Gasteiger partial charge in [0.15, 0.2) is 5.16 Å². The van der Waals surface area contributed by atoms with Crippen molar-refractivity contribution >= 4 is 17.7 Å². The first-order valence-corrected chi connectivity index (χ1v) is 10.2. The van der Waals surface area contributed by atoms with Crippen LogP contribution in [0.5, 0.6) is 0 Å². The summed E-state index contributed by atoms with van der Waals surface area (Å²) < 4.78 is 7.35. The number of amides is 1. The number of para-hydroxylation sites is 1. The van der Waals surface area contributed by atoms with Crippen molar-refractivity contribution < 1.29 is 9.53 Å². The lowest BCUT2D eigenvalue weighted by Crippen LogP contribution is -2.42. The Hall–Kier alpha value is -2.64. The molecule has 2 heterocycles. The van der Waals surface area contributed by atoms with Crippen molar-refractivity contribution in [3.63, 3.8) is 0 Å². The summed E-state index contributed by atoms with van der Waals surface area (Å²) in [4.78, 5) is 15.2. The number of benzene rings is 2. The quantitative estimate of drug-likeness (QED) is 0.622. The molecule has 0 bridgehead atoms. The van der Waals surface area contributed by atoms with E-state index < -0.39 is 0 Å². The smallest absolute Gasteiger partial charge is 0.240 e. The van der Waals surface area contributed by atoms with E-state index in [0.29, 0.717) is 31.5 Å². The van der Waals surface area contributed by atoms with Gasteiger partial charge in [0.25, 0.3) is 0 Å². The molecule has 28 heavy (non-hydrogen) atoms. The molecule has 7 heteroatoms. The van der Waals surface area contributed by atoms with Crippen LogP contribution in [-0.4, -0.2) is 51.9 Å². The van der Waals surface area contributed by atoms with E-state index >= 15 is 0 Å². The monoisotopic (exact) mass is 394 g/mol. The largest absolute Gasteiger partial charge is 0.378 e. The average molecular weight is 395 g/mol. The summed E-state index contributed by atoms with van der Waals surface area (Å²) >= 11 is 1.44. The number of carbonyl (C=O) groups excluding carboxylic acids is 1. The third-order valence-electron chi connectivity index (χ3n) is 4.76. The first-order chi connectivity index (χ1) is 13.7. The SMILES string of the molecule is Cc1ccccc1-n1cnnc1SC(C(=O)N1CCOCC1)c1ccccc1. The fraction of sp³-hybridized carbons (Fsp3) is 0.286. The lowest BCUT2D eigenvalue weighted by molar-refractivity contribution is -0.134. The Morgan fingerprint density at radius 2 is 1.79 bits per heavy atom.